The summed E-state index contributed by atoms with van der Waals surface area (Å²) in [6.07, 6.45) is 6.78. The number of carbonyl (C=O) groups excluding carboxylic acids is 1. The highest BCUT2D eigenvalue weighted by atomic mass is 32.2. The second-order valence-electron chi connectivity index (χ2n) is 4.37. The van der Waals surface area contributed by atoms with Crippen LogP contribution >= 0.6 is 0 Å². The molecule has 16 heavy (non-hydrogen) atoms. The molecule has 0 heterocycles. The predicted molar refractivity (Wildman–Crippen MR) is 63.1 cm³/mol. The standard InChI is InChI=1S/C10H20N2O3S/c1-16(14,15)8-7-11-10(13)12-9-5-3-2-4-6-9/h9H,2-8H2,1H3,(H2,11,12,13). The zero-order valence-corrected chi connectivity index (χ0v) is 10.5. The van der Waals surface area contributed by atoms with Gasteiger partial charge in [0.2, 0.25) is 0 Å². The fraction of sp³-hybridized carbons (Fsp3) is 0.900. The van der Waals surface area contributed by atoms with Gasteiger partial charge in [-0.25, -0.2) is 13.2 Å². The first-order valence-corrected chi connectivity index (χ1v) is 7.75. The molecule has 0 unspecified atom stereocenters. The molecule has 5 nitrogen and oxygen atoms in total. The Morgan fingerprint density at radius 1 is 1.25 bits per heavy atom. The SMILES string of the molecule is CS(=O)(=O)CCNC(=O)NC1CCCCC1. The van der Waals surface area contributed by atoms with Gasteiger partial charge in [0.15, 0.2) is 0 Å². The molecular weight excluding hydrogens is 228 g/mol. The van der Waals surface area contributed by atoms with Crippen molar-refractivity contribution < 1.29 is 13.2 Å². The third-order valence-corrected chi connectivity index (χ3v) is 3.64. The predicted octanol–water partition coefficient (Wildman–Crippen LogP) is 0.663. The van der Waals surface area contributed by atoms with Crippen LogP contribution in [0, 0.1) is 0 Å². The van der Waals surface area contributed by atoms with Crippen LogP contribution in [0.4, 0.5) is 4.79 Å². The first kappa shape index (κ1) is 13.3. The molecule has 0 aromatic heterocycles. The third-order valence-electron chi connectivity index (χ3n) is 2.70. The second-order valence-corrected chi connectivity index (χ2v) is 6.62. The first-order chi connectivity index (χ1) is 7.47. The fourth-order valence-corrected chi connectivity index (χ4v) is 2.31. The van der Waals surface area contributed by atoms with Crippen LogP contribution in [0.5, 0.6) is 0 Å². The van der Waals surface area contributed by atoms with E-state index in [1.807, 2.05) is 0 Å². The summed E-state index contributed by atoms with van der Waals surface area (Å²) >= 11 is 0. The van der Waals surface area contributed by atoms with Crippen molar-refractivity contribution in [2.75, 3.05) is 18.6 Å². The molecule has 1 aliphatic rings. The Hall–Kier alpha value is -0.780. The molecule has 1 saturated carbocycles. The van der Waals surface area contributed by atoms with Gasteiger partial charge in [-0.15, -0.1) is 0 Å². The molecular formula is C10H20N2O3S. The maximum atomic E-state index is 11.4. The molecule has 0 aliphatic heterocycles. The average Bonchev–Trinajstić information content (AvgIpc) is 2.17. The first-order valence-electron chi connectivity index (χ1n) is 5.69. The summed E-state index contributed by atoms with van der Waals surface area (Å²) in [4.78, 5) is 11.4. The number of urea groups is 1. The van der Waals surface area contributed by atoms with E-state index in [0.717, 1.165) is 31.9 Å². The summed E-state index contributed by atoms with van der Waals surface area (Å²) in [6.45, 7) is 0.178. The molecule has 0 aromatic rings. The van der Waals surface area contributed by atoms with Crippen molar-refractivity contribution >= 4 is 15.9 Å². The lowest BCUT2D eigenvalue weighted by Crippen LogP contribution is -2.44. The summed E-state index contributed by atoms with van der Waals surface area (Å²) in [7, 11) is -3.00. The van der Waals surface area contributed by atoms with Gasteiger partial charge in [-0.3, -0.25) is 0 Å². The minimum absolute atomic E-state index is 0.00884. The molecule has 1 aliphatic carbocycles. The van der Waals surface area contributed by atoms with Crippen molar-refractivity contribution in [1.29, 1.82) is 0 Å². The van der Waals surface area contributed by atoms with Crippen molar-refractivity contribution in [1.82, 2.24) is 10.6 Å². The van der Waals surface area contributed by atoms with Crippen molar-refractivity contribution in [2.45, 2.75) is 38.1 Å². The van der Waals surface area contributed by atoms with E-state index in [2.05, 4.69) is 10.6 Å². The second kappa shape index (κ2) is 6.08. The minimum atomic E-state index is -3.00. The zero-order valence-electron chi connectivity index (χ0n) is 9.66. The maximum absolute atomic E-state index is 11.4. The Bertz CT molecular complexity index is 321. The Labute approximate surface area is 96.9 Å². The maximum Gasteiger partial charge on any atom is 0.315 e. The molecule has 6 heteroatoms. The van der Waals surface area contributed by atoms with E-state index < -0.39 is 9.84 Å². The van der Waals surface area contributed by atoms with Crippen molar-refractivity contribution in [3.63, 3.8) is 0 Å². The molecule has 0 spiro atoms. The highest BCUT2D eigenvalue weighted by Crippen LogP contribution is 2.16. The highest BCUT2D eigenvalue weighted by Gasteiger charge is 2.15. The number of sulfone groups is 1. The van der Waals surface area contributed by atoms with E-state index in [4.69, 9.17) is 0 Å². The van der Waals surface area contributed by atoms with Gasteiger partial charge in [-0.05, 0) is 12.8 Å². The Morgan fingerprint density at radius 3 is 2.44 bits per heavy atom. The van der Waals surface area contributed by atoms with Gasteiger partial charge < -0.3 is 10.6 Å². The largest absolute Gasteiger partial charge is 0.337 e. The molecule has 0 saturated heterocycles. The average molecular weight is 248 g/mol. The molecule has 0 atom stereocenters. The Kier molecular flexibility index (Phi) is 5.05. The van der Waals surface area contributed by atoms with Crippen molar-refractivity contribution in [2.24, 2.45) is 0 Å². The third kappa shape index (κ3) is 5.95. The normalized spacial score (nSPS) is 18.1. The smallest absolute Gasteiger partial charge is 0.315 e. The van der Waals surface area contributed by atoms with Gasteiger partial charge in [0.05, 0.1) is 5.75 Å². The van der Waals surface area contributed by atoms with Crippen molar-refractivity contribution in [3.8, 4) is 0 Å². The number of hydrogen-bond acceptors (Lipinski definition) is 3. The van der Waals surface area contributed by atoms with Gasteiger partial charge in [0.25, 0.3) is 0 Å². The number of nitrogens with one attached hydrogen (secondary N) is 2. The molecule has 0 radical (unpaired) electrons. The van der Waals surface area contributed by atoms with E-state index in [1.165, 1.54) is 6.42 Å². The molecule has 0 bridgehead atoms. The van der Waals surface area contributed by atoms with Crippen LogP contribution < -0.4 is 10.6 Å². The van der Waals surface area contributed by atoms with Crippen LogP contribution in [-0.4, -0.2) is 39.0 Å². The van der Waals surface area contributed by atoms with Crippen molar-refractivity contribution in [3.05, 3.63) is 0 Å². The van der Waals surface area contributed by atoms with E-state index in [-0.39, 0.29) is 24.4 Å². The van der Waals surface area contributed by atoms with Gasteiger partial charge in [0, 0.05) is 18.8 Å². The summed E-state index contributed by atoms with van der Waals surface area (Å²) < 4.78 is 21.7. The Morgan fingerprint density at radius 2 is 1.88 bits per heavy atom. The van der Waals surface area contributed by atoms with E-state index in [0.29, 0.717) is 0 Å². The van der Waals surface area contributed by atoms with Crippen LogP contribution in [-0.2, 0) is 9.84 Å². The molecule has 1 rings (SSSR count). The summed E-state index contributed by atoms with van der Waals surface area (Å²) in [6, 6.07) is 0.00235. The van der Waals surface area contributed by atoms with Crippen LogP contribution in [0.2, 0.25) is 0 Å². The van der Waals surface area contributed by atoms with E-state index in [1.54, 1.807) is 0 Å². The Balaban J connectivity index is 2.15. The summed E-state index contributed by atoms with van der Waals surface area (Å²) in [5.74, 6) is -0.00884. The summed E-state index contributed by atoms with van der Waals surface area (Å²) in [5.41, 5.74) is 0. The van der Waals surface area contributed by atoms with Gasteiger partial charge >= 0.3 is 6.03 Å². The van der Waals surface area contributed by atoms with Crippen LogP contribution in [0.1, 0.15) is 32.1 Å². The molecule has 94 valence electrons. The lowest BCUT2D eigenvalue weighted by molar-refractivity contribution is 0.233. The van der Waals surface area contributed by atoms with Gasteiger partial charge in [0.1, 0.15) is 9.84 Å². The molecule has 1 fully saturated rings. The lowest BCUT2D eigenvalue weighted by Gasteiger charge is -2.22. The molecule has 2 amide bonds. The highest BCUT2D eigenvalue weighted by molar-refractivity contribution is 7.90. The quantitative estimate of drug-likeness (QED) is 0.767. The van der Waals surface area contributed by atoms with Crippen LogP contribution in [0.25, 0.3) is 0 Å². The van der Waals surface area contributed by atoms with Gasteiger partial charge in [-0.1, -0.05) is 19.3 Å². The number of hydrogen-bond donors (Lipinski definition) is 2. The van der Waals surface area contributed by atoms with E-state index >= 15 is 0 Å². The minimum Gasteiger partial charge on any atom is -0.337 e. The number of amides is 2. The summed E-state index contributed by atoms with van der Waals surface area (Å²) in [5, 5.41) is 5.42. The molecule has 2 N–H and O–H groups in total. The number of rotatable bonds is 4. The van der Waals surface area contributed by atoms with Gasteiger partial charge in [-0.2, -0.15) is 0 Å². The van der Waals surface area contributed by atoms with Crippen LogP contribution in [0.3, 0.4) is 0 Å². The monoisotopic (exact) mass is 248 g/mol. The lowest BCUT2D eigenvalue weighted by atomic mass is 9.96. The topological polar surface area (TPSA) is 75.3 Å². The van der Waals surface area contributed by atoms with E-state index in [9.17, 15) is 13.2 Å². The number of carbonyl (C=O) groups is 1. The zero-order chi connectivity index (χ0) is 12.0. The van der Waals surface area contributed by atoms with Crippen LogP contribution in [0.15, 0.2) is 0 Å². The fourth-order valence-electron chi connectivity index (χ4n) is 1.83. The molecule has 0 aromatic carbocycles.